The number of halogens is 3. The Morgan fingerprint density at radius 1 is 0.778 bits per heavy atom. The average Bonchev–Trinajstić information content (AvgIpc) is 3.24. The quantitative estimate of drug-likeness (QED) is 0.248. The van der Waals surface area contributed by atoms with E-state index < -0.39 is 41.5 Å². The van der Waals surface area contributed by atoms with Gasteiger partial charge in [0.05, 0.1) is 17.9 Å². The number of ketones is 2. The van der Waals surface area contributed by atoms with Crippen molar-refractivity contribution in [2.75, 3.05) is 6.61 Å². The minimum atomic E-state index is -0.903. The number of rotatable bonds is 8. The number of Topliss-reactive ketones (excluding diaryl/α,β-unsaturated/α-hetero) is 1. The summed E-state index contributed by atoms with van der Waals surface area (Å²) in [6.07, 6.45) is 0. The normalized spacial score (nSPS) is 10.8. The predicted molar refractivity (Wildman–Crippen MR) is 124 cm³/mol. The van der Waals surface area contributed by atoms with Gasteiger partial charge in [0.25, 0.3) is 0 Å². The van der Waals surface area contributed by atoms with E-state index in [9.17, 15) is 27.6 Å². The van der Waals surface area contributed by atoms with Gasteiger partial charge in [-0.05, 0) is 79.7 Å². The van der Waals surface area contributed by atoms with E-state index in [1.807, 2.05) is 0 Å². The van der Waals surface area contributed by atoms with Gasteiger partial charge in [-0.15, -0.1) is 0 Å². The van der Waals surface area contributed by atoms with Crippen LogP contribution in [0.1, 0.15) is 43.7 Å². The molecule has 0 radical (unpaired) electrons. The molecule has 0 amide bonds. The number of benzene rings is 3. The molecule has 0 spiro atoms. The fourth-order valence-corrected chi connectivity index (χ4v) is 3.64. The zero-order chi connectivity index (χ0) is 25.8. The Balaban J connectivity index is 1.91. The monoisotopic (exact) mass is 492 g/mol. The van der Waals surface area contributed by atoms with Gasteiger partial charge in [-0.2, -0.15) is 5.10 Å². The fourth-order valence-electron chi connectivity index (χ4n) is 3.64. The van der Waals surface area contributed by atoms with Crippen molar-refractivity contribution in [1.82, 2.24) is 9.78 Å². The molecule has 1 aromatic heterocycles. The van der Waals surface area contributed by atoms with E-state index >= 15 is 0 Å². The molecular formula is C27H19F3N2O4. The first kappa shape index (κ1) is 24.6. The summed E-state index contributed by atoms with van der Waals surface area (Å²) in [5, 5.41) is 4.23. The molecule has 0 saturated carbocycles. The van der Waals surface area contributed by atoms with Crippen LogP contribution in [0.5, 0.6) is 0 Å². The topological polar surface area (TPSA) is 78.3 Å². The van der Waals surface area contributed by atoms with Crippen LogP contribution in [0.25, 0.3) is 11.3 Å². The van der Waals surface area contributed by atoms with Crippen molar-refractivity contribution in [3.05, 3.63) is 113 Å². The largest absolute Gasteiger partial charge is 0.461 e. The third-order valence-corrected chi connectivity index (χ3v) is 5.33. The molecule has 4 aromatic rings. The number of hydrogen-bond acceptors (Lipinski definition) is 5. The Morgan fingerprint density at radius 2 is 1.28 bits per heavy atom. The minimum absolute atomic E-state index is 0.00371. The number of carbonyl (C=O) groups excluding carboxylic acids is 3. The molecule has 0 unspecified atom stereocenters. The minimum Gasteiger partial charge on any atom is -0.461 e. The van der Waals surface area contributed by atoms with Crippen molar-refractivity contribution in [2.45, 2.75) is 13.5 Å². The van der Waals surface area contributed by atoms with Crippen LogP contribution in [-0.2, 0) is 11.3 Å². The maximum absolute atomic E-state index is 13.7. The summed E-state index contributed by atoms with van der Waals surface area (Å²) in [6.45, 7) is 1.16. The lowest BCUT2D eigenvalue weighted by molar-refractivity contribution is 0.0515. The number of ether oxygens (including phenoxy) is 1. The highest BCUT2D eigenvalue weighted by Gasteiger charge is 2.31. The highest BCUT2D eigenvalue weighted by atomic mass is 19.1. The summed E-state index contributed by atoms with van der Waals surface area (Å²) in [7, 11) is 0. The third kappa shape index (κ3) is 5.10. The van der Waals surface area contributed by atoms with Gasteiger partial charge in [0.15, 0.2) is 17.3 Å². The Kier molecular flexibility index (Phi) is 7.10. The molecule has 0 bridgehead atoms. The molecule has 36 heavy (non-hydrogen) atoms. The first-order valence-corrected chi connectivity index (χ1v) is 10.9. The van der Waals surface area contributed by atoms with Crippen LogP contribution in [0.2, 0.25) is 0 Å². The van der Waals surface area contributed by atoms with Crippen molar-refractivity contribution in [2.24, 2.45) is 0 Å². The van der Waals surface area contributed by atoms with E-state index in [0.29, 0.717) is 5.56 Å². The van der Waals surface area contributed by atoms with Crippen LogP contribution >= 0.6 is 0 Å². The van der Waals surface area contributed by atoms with Gasteiger partial charge in [0, 0.05) is 16.7 Å². The molecule has 0 atom stereocenters. The molecule has 1 heterocycles. The first-order valence-electron chi connectivity index (χ1n) is 10.9. The highest BCUT2D eigenvalue weighted by molar-refractivity contribution is 6.17. The van der Waals surface area contributed by atoms with Gasteiger partial charge in [-0.25, -0.2) is 18.0 Å². The predicted octanol–water partition coefficient (Wildman–Crippen LogP) is 5.26. The summed E-state index contributed by atoms with van der Waals surface area (Å²) in [6, 6.07) is 14.6. The van der Waals surface area contributed by atoms with E-state index in [4.69, 9.17) is 4.74 Å². The number of aromatic nitrogens is 2. The molecular weight excluding hydrogens is 473 g/mol. The standard InChI is InChI=1S/C27H19F3N2O4/c1-2-36-27(35)24-23(26(34)18-7-13-21(30)14-8-18)25(17-5-11-20(29)12-6-17)32(31-24)15-22(33)16-3-9-19(28)10-4-16/h3-14H,2,15H2,1H3. The number of hydrogen-bond donors (Lipinski definition) is 0. The first-order chi connectivity index (χ1) is 17.3. The van der Waals surface area contributed by atoms with Crippen molar-refractivity contribution in [1.29, 1.82) is 0 Å². The van der Waals surface area contributed by atoms with Crippen LogP contribution in [-0.4, -0.2) is 33.9 Å². The second kappa shape index (κ2) is 10.4. The van der Waals surface area contributed by atoms with E-state index in [-0.39, 0.29) is 34.7 Å². The second-order valence-corrected chi connectivity index (χ2v) is 7.72. The molecule has 0 aliphatic carbocycles. The summed E-state index contributed by atoms with van der Waals surface area (Å²) in [5.41, 5.74) is 0.0893. The average molecular weight is 492 g/mol. The lowest BCUT2D eigenvalue weighted by Gasteiger charge is -2.10. The molecule has 3 aromatic carbocycles. The molecule has 4 rings (SSSR count). The summed E-state index contributed by atoms with van der Waals surface area (Å²) in [5.74, 6) is -3.66. The summed E-state index contributed by atoms with van der Waals surface area (Å²) in [4.78, 5) is 39.3. The molecule has 182 valence electrons. The molecule has 0 aliphatic heterocycles. The molecule has 0 saturated heterocycles. The number of nitrogens with zero attached hydrogens (tertiary/aromatic N) is 2. The van der Waals surface area contributed by atoms with Gasteiger partial charge >= 0.3 is 5.97 Å². The van der Waals surface area contributed by atoms with Gasteiger partial charge in [0.2, 0.25) is 0 Å². The number of carbonyl (C=O) groups is 3. The number of esters is 1. The van der Waals surface area contributed by atoms with E-state index in [2.05, 4.69) is 5.10 Å². The maximum Gasteiger partial charge on any atom is 0.359 e. The van der Waals surface area contributed by atoms with Crippen LogP contribution in [0.15, 0.2) is 72.8 Å². The second-order valence-electron chi connectivity index (χ2n) is 7.72. The molecule has 9 heteroatoms. The van der Waals surface area contributed by atoms with Crippen LogP contribution < -0.4 is 0 Å². The molecule has 6 nitrogen and oxygen atoms in total. The Hall–Kier alpha value is -4.53. The Bertz CT molecular complexity index is 1430. The summed E-state index contributed by atoms with van der Waals surface area (Å²) < 4.78 is 46.7. The van der Waals surface area contributed by atoms with Crippen LogP contribution in [0, 0.1) is 17.5 Å². The molecule has 0 aliphatic rings. The van der Waals surface area contributed by atoms with Crippen LogP contribution in [0.3, 0.4) is 0 Å². The van der Waals surface area contributed by atoms with Gasteiger partial charge in [-0.1, -0.05) is 0 Å². The van der Waals surface area contributed by atoms with Crippen molar-refractivity contribution >= 4 is 17.5 Å². The smallest absolute Gasteiger partial charge is 0.359 e. The zero-order valence-electron chi connectivity index (χ0n) is 19.0. The zero-order valence-corrected chi connectivity index (χ0v) is 19.0. The van der Waals surface area contributed by atoms with Gasteiger partial charge < -0.3 is 4.74 Å². The van der Waals surface area contributed by atoms with Gasteiger partial charge in [0.1, 0.15) is 24.0 Å². The summed E-state index contributed by atoms with van der Waals surface area (Å²) >= 11 is 0. The van der Waals surface area contributed by atoms with Crippen LogP contribution in [0.4, 0.5) is 13.2 Å². The van der Waals surface area contributed by atoms with E-state index in [1.165, 1.54) is 36.4 Å². The lowest BCUT2D eigenvalue weighted by atomic mass is 9.97. The van der Waals surface area contributed by atoms with Crippen molar-refractivity contribution in [3.8, 4) is 11.3 Å². The van der Waals surface area contributed by atoms with E-state index in [1.54, 1.807) is 6.92 Å². The Morgan fingerprint density at radius 3 is 1.81 bits per heavy atom. The fraction of sp³-hybridized carbons (Fsp3) is 0.111. The third-order valence-electron chi connectivity index (χ3n) is 5.33. The van der Waals surface area contributed by atoms with E-state index in [0.717, 1.165) is 41.1 Å². The van der Waals surface area contributed by atoms with Crippen molar-refractivity contribution in [3.63, 3.8) is 0 Å². The molecule has 0 fully saturated rings. The SMILES string of the molecule is CCOC(=O)c1nn(CC(=O)c2ccc(F)cc2)c(-c2ccc(F)cc2)c1C(=O)c1ccc(F)cc1. The molecule has 0 N–H and O–H groups in total. The Labute approximate surface area is 203 Å². The van der Waals surface area contributed by atoms with Crippen molar-refractivity contribution < 1.29 is 32.3 Å². The highest BCUT2D eigenvalue weighted by Crippen LogP contribution is 2.30. The maximum atomic E-state index is 13.7. The lowest BCUT2D eigenvalue weighted by Crippen LogP contribution is -2.14. The van der Waals surface area contributed by atoms with Gasteiger partial charge in [-0.3, -0.25) is 14.3 Å².